The number of rotatable bonds is 6. The van der Waals surface area contributed by atoms with Gasteiger partial charge in [0.25, 0.3) is 5.56 Å². The van der Waals surface area contributed by atoms with E-state index in [0.717, 1.165) is 5.56 Å². The number of nitrogens with one attached hydrogen (secondary N) is 2. The molecule has 0 saturated carbocycles. The summed E-state index contributed by atoms with van der Waals surface area (Å²) in [5.74, 6) is -0.630. The maximum absolute atomic E-state index is 12.7. The van der Waals surface area contributed by atoms with Crippen molar-refractivity contribution in [3.8, 4) is 0 Å². The summed E-state index contributed by atoms with van der Waals surface area (Å²) < 4.78 is 2.72. The lowest BCUT2D eigenvalue weighted by Gasteiger charge is -2.09. The Hall–Kier alpha value is -4.34. The van der Waals surface area contributed by atoms with Crippen LogP contribution in [0, 0.1) is 0 Å². The van der Waals surface area contributed by atoms with E-state index in [-0.39, 0.29) is 18.0 Å². The molecular formula is C21H19N7O3. The first kappa shape index (κ1) is 20.0. The molecule has 10 heteroatoms. The Balaban J connectivity index is 1.50. The third-order valence-electron chi connectivity index (χ3n) is 4.45. The first-order valence-electron chi connectivity index (χ1n) is 9.49. The van der Waals surface area contributed by atoms with Crippen molar-refractivity contribution in [3.05, 3.63) is 76.8 Å². The van der Waals surface area contributed by atoms with Gasteiger partial charge < -0.3 is 10.6 Å². The van der Waals surface area contributed by atoms with Gasteiger partial charge in [0.1, 0.15) is 12.9 Å². The van der Waals surface area contributed by atoms with E-state index in [1.807, 2.05) is 30.3 Å². The number of fused-ring (bicyclic) bond motifs is 1. The van der Waals surface area contributed by atoms with Crippen molar-refractivity contribution in [2.24, 2.45) is 0 Å². The largest absolute Gasteiger partial charge is 0.326 e. The molecule has 4 aromatic rings. The maximum Gasteiger partial charge on any atom is 0.283 e. The third-order valence-corrected chi connectivity index (χ3v) is 4.45. The van der Waals surface area contributed by atoms with Gasteiger partial charge >= 0.3 is 0 Å². The van der Waals surface area contributed by atoms with E-state index in [0.29, 0.717) is 23.6 Å². The SMILES string of the molecule is CC(=O)Nc1cccc(NC(=O)Cn2cnc3c(nnn3Cc3ccccc3)c2=O)c1. The highest BCUT2D eigenvalue weighted by atomic mass is 16.2. The van der Waals surface area contributed by atoms with Crippen LogP contribution in [-0.2, 0) is 22.7 Å². The number of carbonyl (C=O) groups is 2. The first-order chi connectivity index (χ1) is 15.0. The number of hydrogen-bond acceptors (Lipinski definition) is 6. The lowest BCUT2D eigenvalue weighted by Crippen LogP contribution is -2.28. The van der Waals surface area contributed by atoms with Crippen LogP contribution in [-0.4, -0.2) is 36.4 Å². The van der Waals surface area contributed by atoms with Crippen molar-refractivity contribution in [1.29, 1.82) is 0 Å². The molecule has 4 rings (SSSR count). The highest BCUT2D eigenvalue weighted by Crippen LogP contribution is 2.15. The summed E-state index contributed by atoms with van der Waals surface area (Å²) in [6.07, 6.45) is 1.31. The minimum atomic E-state index is -0.452. The average Bonchev–Trinajstić information content (AvgIpc) is 3.14. The van der Waals surface area contributed by atoms with Crippen LogP contribution in [0.4, 0.5) is 11.4 Å². The van der Waals surface area contributed by atoms with Crippen LogP contribution in [0.25, 0.3) is 11.2 Å². The molecule has 2 N–H and O–H groups in total. The molecule has 0 spiro atoms. The fourth-order valence-electron chi connectivity index (χ4n) is 3.10. The molecule has 0 bridgehead atoms. The fourth-order valence-corrected chi connectivity index (χ4v) is 3.10. The molecule has 2 amide bonds. The predicted octanol–water partition coefficient (Wildman–Crippen LogP) is 1.63. The smallest absolute Gasteiger partial charge is 0.283 e. The Morgan fingerprint density at radius 2 is 1.74 bits per heavy atom. The first-order valence-corrected chi connectivity index (χ1v) is 9.49. The summed E-state index contributed by atoms with van der Waals surface area (Å²) in [5, 5.41) is 13.3. The molecule has 0 radical (unpaired) electrons. The Labute approximate surface area is 176 Å². The van der Waals surface area contributed by atoms with Gasteiger partial charge in [0.05, 0.1) is 6.54 Å². The molecule has 31 heavy (non-hydrogen) atoms. The zero-order valence-corrected chi connectivity index (χ0v) is 16.6. The number of hydrogen-bond donors (Lipinski definition) is 2. The van der Waals surface area contributed by atoms with Gasteiger partial charge in [0, 0.05) is 18.3 Å². The lowest BCUT2D eigenvalue weighted by molar-refractivity contribution is -0.117. The summed E-state index contributed by atoms with van der Waals surface area (Å²) in [4.78, 5) is 40.6. The third kappa shape index (κ3) is 4.64. The maximum atomic E-state index is 12.7. The van der Waals surface area contributed by atoms with E-state index in [2.05, 4.69) is 25.9 Å². The standard InChI is InChI=1S/C21H19N7O3/c1-14(29)23-16-8-5-9-17(10-16)24-18(30)12-27-13-22-20-19(21(27)31)25-26-28(20)11-15-6-3-2-4-7-15/h2-10,13H,11-12H2,1H3,(H,23,29)(H,24,30). The normalized spacial score (nSPS) is 10.7. The summed E-state index contributed by atoms with van der Waals surface area (Å²) in [7, 11) is 0. The Bertz CT molecular complexity index is 1310. The second-order valence-electron chi connectivity index (χ2n) is 6.89. The van der Waals surface area contributed by atoms with Gasteiger partial charge in [-0.2, -0.15) is 0 Å². The number of aromatic nitrogens is 5. The van der Waals surface area contributed by atoms with Gasteiger partial charge in [-0.05, 0) is 23.8 Å². The van der Waals surface area contributed by atoms with Crippen LogP contribution >= 0.6 is 0 Å². The van der Waals surface area contributed by atoms with Crippen LogP contribution < -0.4 is 16.2 Å². The number of anilines is 2. The van der Waals surface area contributed by atoms with E-state index >= 15 is 0 Å². The van der Waals surface area contributed by atoms with E-state index in [4.69, 9.17) is 0 Å². The number of benzene rings is 2. The van der Waals surface area contributed by atoms with E-state index in [1.165, 1.54) is 17.8 Å². The molecule has 0 aliphatic carbocycles. The van der Waals surface area contributed by atoms with E-state index in [9.17, 15) is 14.4 Å². The van der Waals surface area contributed by atoms with Gasteiger partial charge in [-0.3, -0.25) is 19.0 Å². The molecular weight excluding hydrogens is 398 g/mol. The van der Waals surface area contributed by atoms with Crippen LogP contribution in [0.15, 0.2) is 65.7 Å². The van der Waals surface area contributed by atoms with Gasteiger partial charge in [0.2, 0.25) is 11.8 Å². The fraction of sp³-hybridized carbons (Fsp3) is 0.143. The minimum absolute atomic E-state index is 0.0962. The quantitative estimate of drug-likeness (QED) is 0.491. The topological polar surface area (TPSA) is 124 Å². The molecule has 0 saturated heterocycles. The molecule has 0 aliphatic heterocycles. The molecule has 0 fully saturated rings. The summed E-state index contributed by atoms with van der Waals surface area (Å²) in [6, 6.07) is 16.4. The Morgan fingerprint density at radius 3 is 2.48 bits per heavy atom. The van der Waals surface area contributed by atoms with Crippen LogP contribution in [0.5, 0.6) is 0 Å². The molecule has 156 valence electrons. The van der Waals surface area contributed by atoms with Crippen LogP contribution in [0.2, 0.25) is 0 Å². The molecule has 2 heterocycles. The lowest BCUT2D eigenvalue weighted by atomic mass is 10.2. The number of amides is 2. The van der Waals surface area contributed by atoms with Crippen molar-refractivity contribution in [2.45, 2.75) is 20.0 Å². The molecule has 2 aromatic carbocycles. The molecule has 0 aliphatic rings. The number of carbonyl (C=O) groups excluding carboxylic acids is 2. The molecule has 2 aromatic heterocycles. The van der Waals surface area contributed by atoms with Crippen LogP contribution in [0.3, 0.4) is 0 Å². The van der Waals surface area contributed by atoms with E-state index < -0.39 is 11.5 Å². The molecule has 10 nitrogen and oxygen atoms in total. The van der Waals surface area contributed by atoms with Crippen molar-refractivity contribution in [1.82, 2.24) is 24.5 Å². The zero-order valence-electron chi connectivity index (χ0n) is 16.6. The summed E-state index contributed by atoms with van der Waals surface area (Å²) in [5.41, 5.74) is 2.05. The minimum Gasteiger partial charge on any atom is -0.326 e. The summed E-state index contributed by atoms with van der Waals surface area (Å²) in [6.45, 7) is 1.59. The van der Waals surface area contributed by atoms with Gasteiger partial charge in [-0.15, -0.1) is 5.10 Å². The summed E-state index contributed by atoms with van der Waals surface area (Å²) >= 11 is 0. The molecule has 0 atom stereocenters. The highest BCUT2D eigenvalue weighted by molar-refractivity contribution is 5.93. The highest BCUT2D eigenvalue weighted by Gasteiger charge is 2.14. The molecule has 0 unspecified atom stereocenters. The van der Waals surface area contributed by atoms with Crippen molar-refractivity contribution < 1.29 is 9.59 Å². The van der Waals surface area contributed by atoms with E-state index in [1.54, 1.807) is 28.9 Å². The van der Waals surface area contributed by atoms with Crippen molar-refractivity contribution in [3.63, 3.8) is 0 Å². The van der Waals surface area contributed by atoms with Crippen molar-refractivity contribution >= 4 is 34.4 Å². The van der Waals surface area contributed by atoms with Gasteiger partial charge in [0.15, 0.2) is 11.2 Å². The zero-order chi connectivity index (χ0) is 21.8. The Kier molecular flexibility index (Phi) is 5.52. The van der Waals surface area contributed by atoms with Gasteiger partial charge in [-0.1, -0.05) is 41.6 Å². The Morgan fingerprint density at radius 1 is 1.00 bits per heavy atom. The van der Waals surface area contributed by atoms with Crippen molar-refractivity contribution in [2.75, 3.05) is 10.6 Å². The predicted molar refractivity (Wildman–Crippen MR) is 115 cm³/mol. The second kappa shape index (κ2) is 8.57. The number of nitrogens with zero attached hydrogens (tertiary/aromatic N) is 5. The average molecular weight is 417 g/mol. The van der Waals surface area contributed by atoms with Gasteiger partial charge in [-0.25, -0.2) is 9.67 Å². The second-order valence-corrected chi connectivity index (χ2v) is 6.89. The monoisotopic (exact) mass is 417 g/mol. The van der Waals surface area contributed by atoms with Crippen LogP contribution in [0.1, 0.15) is 12.5 Å².